The van der Waals surface area contributed by atoms with Crippen LogP contribution < -0.4 is 0 Å². The summed E-state index contributed by atoms with van der Waals surface area (Å²) in [5, 5.41) is 0.855. The maximum absolute atomic E-state index is 11.4. The van der Waals surface area contributed by atoms with E-state index in [9.17, 15) is 4.21 Å². The van der Waals surface area contributed by atoms with Gasteiger partial charge in [0.15, 0.2) is 4.77 Å². The van der Waals surface area contributed by atoms with Crippen LogP contribution in [0.4, 0.5) is 0 Å². The Morgan fingerprint density at radius 1 is 1.56 bits per heavy atom. The molecule has 1 aromatic carbocycles. The van der Waals surface area contributed by atoms with Gasteiger partial charge >= 0.3 is 0 Å². The molecule has 0 spiro atoms. The number of hydrogen-bond donors (Lipinski definition) is 1. The van der Waals surface area contributed by atoms with Crippen LogP contribution in [0.3, 0.4) is 0 Å². The molecule has 0 saturated heterocycles. The summed E-state index contributed by atoms with van der Waals surface area (Å²) in [6.07, 6.45) is 2.56. The molecule has 0 saturated carbocycles. The van der Waals surface area contributed by atoms with Crippen LogP contribution in [0.5, 0.6) is 0 Å². The molecule has 0 fully saturated rings. The molecule has 1 heterocycles. The normalized spacial score (nSPS) is 14.8. The zero-order chi connectivity index (χ0) is 13.3. The maximum atomic E-state index is 11.4. The number of aryl methyl sites for hydroxylation is 1. The smallest absolute Gasteiger partial charge is 0.178 e. The van der Waals surface area contributed by atoms with E-state index >= 15 is 0 Å². The van der Waals surface area contributed by atoms with Gasteiger partial charge < -0.3 is 9.55 Å². The highest BCUT2D eigenvalue weighted by atomic mass is 35.5. The number of H-pyrrole nitrogens is 1. The molecule has 1 N–H and O–H groups in total. The number of hydrogen-bond acceptors (Lipinski definition) is 2. The summed E-state index contributed by atoms with van der Waals surface area (Å²) in [5.74, 6) is 0. The van der Waals surface area contributed by atoms with Gasteiger partial charge in [0.2, 0.25) is 0 Å². The molecule has 0 aliphatic rings. The Morgan fingerprint density at radius 2 is 2.28 bits per heavy atom. The monoisotopic (exact) mass is 302 g/mol. The van der Waals surface area contributed by atoms with Crippen molar-refractivity contribution < 1.29 is 4.21 Å². The minimum atomic E-state index is -0.800. The van der Waals surface area contributed by atoms with Crippen LogP contribution in [0.2, 0.25) is 5.02 Å². The molecule has 3 nitrogen and oxygen atoms in total. The fourth-order valence-electron chi connectivity index (χ4n) is 1.82. The molecule has 18 heavy (non-hydrogen) atoms. The SMILES string of the molecule is CC(CCn1c(=S)[nH]c2ccc(Cl)cc21)S(C)=O. The predicted octanol–water partition coefficient (Wildman–Crippen LogP) is 3.51. The highest BCUT2D eigenvalue weighted by Crippen LogP contribution is 2.20. The molecule has 2 atom stereocenters. The number of rotatable bonds is 4. The van der Waals surface area contributed by atoms with Gasteiger partial charge in [-0.1, -0.05) is 18.5 Å². The van der Waals surface area contributed by atoms with Crippen molar-refractivity contribution in [2.24, 2.45) is 0 Å². The molecule has 2 aromatic rings. The Bertz CT molecular complexity index is 647. The number of imidazole rings is 1. The van der Waals surface area contributed by atoms with Gasteiger partial charge in [0, 0.05) is 33.9 Å². The van der Waals surface area contributed by atoms with Gasteiger partial charge in [0.05, 0.1) is 11.0 Å². The zero-order valence-corrected chi connectivity index (χ0v) is 12.7. The molecule has 6 heteroatoms. The highest BCUT2D eigenvalue weighted by molar-refractivity contribution is 7.84. The first-order valence-corrected chi connectivity index (χ1v) is 8.10. The summed E-state index contributed by atoms with van der Waals surface area (Å²) < 4.78 is 14.0. The second kappa shape index (κ2) is 5.55. The molecule has 98 valence electrons. The second-order valence-electron chi connectivity index (χ2n) is 4.34. The molecule has 0 radical (unpaired) electrons. The van der Waals surface area contributed by atoms with Gasteiger partial charge in [0.1, 0.15) is 0 Å². The molecule has 2 unspecified atom stereocenters. The summed E-state index contributed by atoms with van der Waals surface area (Å²) in [7, 11) is -0.800. The number of nitrogens with zero attached hydrogens (tertiary/aromatic N) is 1. The summed E-state index contributed by atoms with van der Waals surface area (Å²) in [6.45, 7) is 2.74. The fraction of sp³-hybridized carbons (Fsp3) is 0.417. The van der Waals surface area contributed by atoms with E-state index in [0.29, 0.717) is 9.79 Å². The van der Waals surface area contributed by atoms with Gasteiger partial charge in [-0.2, -0.15) is 0 Å². The largest absolute Gasteiger partial charge is 0.331 e. The third kappa shape index (κ3) is 2.84. The standard InChI is InChI=1S/C12H15ClN2OS2/c1-8(18(2)16)5-6-15-11-7-9(13)3-4-10(11)14-12(15)17/h3-4,7-8H,5-6H2,1-2H3,(H,14,17). The first kappa shape index (κ1) is 13.8. The van der Waals surface area contributed by atoms with E-state index in [4.69, 9.17) is 23.8 Å². The lowest BCUT2D eigenvalue weighted by atomic mass is 10.3. The average molecular weight is 303 g/mol. The summed E-state index contributed by atoms with van der Waals surface area (Å²) in [6, 6.07) is 5.66. The second-order valence-corrected chi connectivity index (χ2v) is 6.97. The average Bonchev–Trinajstić information content (AvgIpc) is 2.61. The number of benzene rings is 1. The number of nitrogens with one attached hydrogen (secondary N) is 1. The Kier molecular flexibility index (Phi) is 4.25. The first-order chi connectivity index (χ1) is 8.49. The molecular formula is C12H15ClN2OS2. The van der Waals surface area contributed by atoms with E-state index in [2.05, 4.69) is 4.98 Å². The van der Waals surface area contributed by atoms with Crippen LogP contribution in [0.1, 0.15) is 13.3 Å². The van der Waals surface area contributed by atoms with Crippen molar-refractivity contribution in [3.05, 3.63) is 28.0 Å². The van der Waals surface area contributed by atoms with Gasteiger partial charge in [-0.05, 0) is 36.8 Å². The fourth-order valence-corrected chi connectivity index (χ4v) is 2.73. The molecule has 1 aromatic heterocycles. The minimum absolute atomic E-state index is 0.163. The molecule has 0 bridgehead atoms. The van der Waals surface area contributed by atoms with Crippen molar-refractivity contribution in [2.75, 3.05) is 6.26 Å². The lowest BCUT2D eigenvalue weighted by Crippen LogP contribution is -2.12. The van der Waals surface area contributed by atoms with Gasteiger partial charge in [-0.3, -0.25) is 4.21 Å². The van der Waals surface area contributed by atoms with Crippen molar-refractivity contribution in [1.82, 2.24) is 9.55 Å². The third-order valence-electron chi connectivity index (χ3n) is 3.06. The summed E-state index contributed by atoms with van der Waals surface area (Å²) in [5.41, 5.74) is 1.98. The van der Waals surface area contributed by atoms with E-state index in [1.807, 2.05) is 29.7 Å². The van der Waals surface area contributed by atoms with Crippen molar-refractivity contribution in [3.63, 3.8) is 0 Å². The van der Waals surface area contributed by atoms with Crippen LogP contribution >= 0.6 is 23.8 Å². The summed E-state index contributed by atoms with van der Waals surface area (Å²) in [4.78, 5) is 3.15. The lowest BCUT2D eigenvalue weighted by Gasteiger charge is -2.09. The number of halogens is 1. The lowest BCUT2D eigenvalue weighted by molar-refractivity contribution is 0.625. The van der Waals surface area contributed by atoms with E-state index in [-0.39, 0.29) is 5.25 Å². The van der Waals surface area contributed by atoms with Crippen molar-refractivity contribution in [1.29, 1.82) is 0 Å². The summed E-state index contributed by atoms with van der Waals surface area (Å²) >= 11 is 11.3. The van der Waals surface area contributed by atoms with Crippen molar-refractivity contribution in [2.45, 2.75) is 25.1 Å². The van der Waals surface area contributed by atoms with Gasteiger partial charge in [-0.25, -0.2) is 0 Å². The highest BCUT2D eigenvalue weighted by Gasteiger charge is 2.09. The van der Waals surface area contributed by atoms with Crippen LogP contribution in [-0.4, -0.2) is 25.3 Å². The predicted molar refractivity (Wildman–Crippen MR) is 80.3 cm³/mol. The van der Waals surface area contributed by atoms with Crippen LogP contribution in [0.15, 0.2) is 18.2 Å². The Morgan fingerprint density at radius 3 is 2.94 bits per heavy atom. The Hall–Kier alpha value is -0.650. The first-order valence-electron chi connectivity index (χ1n) is 5.69. The Labute approximate surface area is 119 Å². The molecule has 2 rings (SSSR count). The maximum Gasteiger partial charge on any atom is 0.178 e. The zero-order valence-electron chi connectivity index (χ0n) is 10.3. The van der Waals surface area contributed by atoms with Crippen molar-refractivity contribution in [3.8, 4) is 0 Å². The van der Waals surface area contributed by atoms with Crippen LogP contribution in [0.25, 0.3) is 11.0 Å². The Balaban J connectivity index is 2.32. The van der Waals surface area contributed by atoms with E-state index in [1.54, 1.807) is 6.26 Å². The molecule has 0 aliphatic heterocycles. The van der Waals surface area contributed by atoms with E-state index in [0.717, 1.165) is 24.0 Å². The van der Waals surface area contributed by atoms with Crippen molar-refractivity contribution >= 4 is 45.7 Å². The topological polar surface area (TPSA) is 37.8 Å². The van der Waals surface area contributed by atoms with Crippen LogP contribution in [0, 0.1) is 4.77 Å². The number of aromatic amines is 1. The number of aromatic nitrogens is 2. The minimum Gasteiger partial charge on any atom is -0.331 e. The van der Waals surface area contributed by atoms with E-state index < -0.39 is 10.8 Å². The molecule has 0 aliphatic carbocycles. The van der Waals surface area contributed by atoms with Gasteiger partial charge in [-0.15, -0.1) is 0 Å². The van der Waals surface area contributed by atoms with E-state index in [1.165, 1.54) is 0 Å². The number of fused-ring (bicyclic) bond motifs is 1. The third-order valence-corrected chi connectivity index (χ3v) is 4.99. The quantitative estimate of drug-likeness (QED) is 0.878. The molecular weight excluding hydrogens is 288 g/mol. The van der Waals surface area contributed by atoms with Crippen LogP contribution in [-0.2, 0) is 17.3 Å². The molecule has 0 amide bonds. The van der Waals surface area contributed by atoms with Gasteiger partial charge in [0.25, 0.3) is 0 Å².